The predicted octanol–water partition coefficient (Wildman–Crippen LogP) is 5.55. The summed E-state index contributed by atoms with van der Waals surface area (Å²) >= 11 is 0. The SMILES string of the molecule is COc1ccc2c(O[C@H]3C[C@H]4C(=O)N(C)CCCC/C=C\[C@H]5C[C@@]56N=C(OC6=O)[C@@H]4C3)cc(-n3ccc(C(C)C)n3)nc2c1C. The summed E-state index contributed by atoms with van der Waals surface area (Å²) < 4.78 is 20.1. The summed E-state index contributed by atoms with van der Waals surface area (Å²) in [5, 5.41) is 5.62. The number of hydrogen-bond acceptors (Lipinski definition) is 8. The minimum Gasteiger partial charge on any atom is -0.496 e. The molecule has 1 amide bonds. The molecule has 1 spiro atoms. The molecule has 10 nitrogen and oxygen atoms in total. The zero-order valence-corrected chi connectivity index (χ0v) is 26.7. The molecule has 0 unspecified atom stereocenters. The topological polar surface area (TPSA) is 108 Å². The molecule has 2 fully saturated rings. The summed E-state index contributed by atoms with van der Waals surface area (Å²) in [7, 11) is 3.52. The Labute approximate surface area is 263 Å². The first-order chi connectivity index (χ1) is 21.7. The van der Waals surface area contributed by atoms with Gasteiger partial charge >= 0.3 is 5.97 Å². The minimum absolute atomic E-state index is 0.0457. The lowest BCUT2D eigenvalue weighted by Crippen LogP contribution is -2.37. The third-order valence-electron chi connectivity index (χ3n) is 9.94. The van der Waals surface area contributed by atoms with Gasteiger partial charge in [-0.25, -0.2) is 19.5 Å². The molecule has 4 aliphatic rings. The maximum absolute atomic E-state index is 13.9. The molecular weight excluding hydrogens is 570 g/mol. The van der Waals surface area contributed by atoms with Crippen LogP contribution in [0.3, 0.4) is 0 Å². The van der Waals surface area contributed by atoms with Gasteiger partial charge in [0.15, 0.2) is 17.3 Å². The van der Waals surface area contributed by atoms with Crippen molar-refractivity contribution in [3.8, 4) is 17.3 Å². The summed E-state index contributed by atoms with van der Waals surface area (Å²) in [6.07, 6.45) is 10.4. The van der Waals surface area contributed by atoms with Gasteiger partial charge in [0.2, 0.25) is 5.91 Å². The Morgan fingerprint density at radius 1 is 1.09 bits per heavy atom. The number of aromatic nitrogens is 3. The number of carbonyl (C=O) groups is 2. The third-order valence-corrected chi connectivity index (χ3v) is 9.94. The van der Waals surface area contributed by atoms with Crippen molar-refractivity contribution in [2.75, 3.05) is 20.7 Å². The van der Waals surface area contributed by atoms with Gasteiger partial charge in [0.05, 0.1) is 30.2 Å². The molecule has 0 radical (unpaired) electrons. The van der Waals surface area contributed by atoms with E-state index in [9.17, 15) is 9.59 Å². The first-order valence-corrected chi connectivity index (χ1v) is 16.1. The molecule has 4 heterocycles. The number of fused-ring (bicyclic) bond motifs is 3. The largest absolute Gasteiger partial charge is 0.496 e. The number of aryl methyl sites for hydroxylation is 1. The maximum atomic E-state index is 13.9. The van der Waals surface area contributed by atoms with E-state index >= 15 is 0 Å². The van der Waals surface area contributed by atoms with Crippen molar-refractivity contribution in [2.45, 2.75) is 76.9 Å². The molecule has 2 aliphatic carbocycles. The van der Waals surface area contributed by atoms with Crippen LogP contribution in [0.2, 0.25) is 0 Å². The van der Waals surface area contributed by atoms with Gasteiger partial charge in [0, 0.05) is 42.7 Å². The van der Waals surface area contributed by atoms with Gasteiger partial charge in [-0.2, -0.15) is 5.10 Å². The molecule has 7 rings (SSSR count). The summed E-state index contributed by atoms with van der Waals surface area (Å²) in [6, 6.07) is 7.81. The number of carbonyl (C=O) groups excluding carboxylic acids is 2. The second-order valence-corrected chi connectivity index (χ2v) is 13.3. The van der Waals surface area contributed by atoms with Crippen LogP contribution in [0.15, 0.2) is 47.6 Å². The highest BCUT2D eigenvalue weighted by Crippen LogP contribution is 2.53. The Morgan fingerprint density at radius 2 is 1.91 bits per heavy atom. The minimum atomic E-state index is -0.820. The molecule has 2 aliphatic heterocycles. The zero-order chi connectivity index (χ0) is 31.5. The van der Waals surface area contributed by atoms with E-state index in [4.69, 9.17) is 29.3 Å². The van der Waals surface area contributed by atoms with Crippen molar-refractivity contribution >= 4 is 28.7 Å². The van der Waals surface area contributed by atoms with Crippen LogP contribution >= 0.6 is 0 Å². The summed E-state index contributed by atoms with van der Waals surface area (Å²) in [6.45, 7) is 6.89. The van der Waals surface area contributed by atoms with Gasteiger partial charge in [-0.1, -0.05) is 26.0 Å². The molecule has 45 heavy (non-hydrogen) atoms. The van der Waals surface area contributed by atoms with Crippen LogP contribution in [0.5, 0.6) is 11.5 Å². The molecule has 2 aromatic heterocycles. The Hall–Kier alpha value is -4.21. The van der Waals surface area contributed by atoms with E-state index in [1.165, 1.54) is 0 Å². The molecule has 0 N–H and O–H groups in total. The Kier molecular flexibility index (Phi) is 7.41. The second-order valence-electron chi connectivity index (χ2n) is 13.3. The lowest BCUT2D eigenvalue weighted by atomic mass is 9.94. The van der Waals surface area contributed by atoms with Crippen molar-refractivity contribution in [1.82, 2.24) is 19.7 Å². The van der Waals surface area contributed by atoms with Crippen molar-refractivity contribution in [3.63, 3.8) is 0 Å². The highest BCUT2D eigenvalue weighted by atomic mass is 16.6. The second kappa shape index (κ2) is 11.3. The smallest absolute Gasteiger partial charge is 0.341 e. The number of benzene rings is 1. The summed E-state index contributed by atoms with van der Waals surface area (Å²) in [5.74, 6) is 1.79. The first-order valence-electron chi connectivity index (χ1n) is 16.1. The highest BCUT2D eigenvalue weighted by molar-refractivity contribution is 6.04. The van der Waals surface area contributed by atoms with E-state index in [1.54, 1.807) is 11.8 Å². The van der Waals surface area contributed by atoms with E-state index in [1.807, 2.05) is 49.3 Å². The Balaban J connectivity index is 1.25. The monoisotopic (exact) mass is 611 g/mol. The van der Waals surface area contributed by atoms with Crippen LogP contribution in [-0.2, 0) is 14.3 Å². The number of rotatable bonds is 5. The fourth-order valence-electron chi connectivity index (χ4n) is 7.13. The van der Waals surface area contributed by atoms with Crippen molar-refractivity contribution in [2.24, 2.45) is 22.7 Å². The predicted molar refractivity (Wildman–Crippen MR) is 170 cm³/mol. The number of methoxy groups -OCH3 is 1. The first kappa shape index (κ1) is 29.5. The highest BCUT2D eigenvalue weighted by Gasteiger charge is 2.65. The molecule has 236 valence electrons. The van der Waals surface area contributed by atoms with Gasteiger partial charge < -0.3 is 19.1 Å². The van der Waals surface area contributed by atoms with Crippen LogP contribution in [0.1, 0.15) is 69.5 Å². The molecule has 0 saturated heterocycles. The summed E-state index contributed by atoms with van der Waals surface area (Å²) in [5.41, 5.74) is 1.82. The number of hydrogen-bond donors (Lipinski definition) is 0. The van der Waals surface area contributed by atoms with Gasteiger partial charge in [-0.15, -0.1) is 0 Å². The quantitative estimate of drug-likeness (QED) is 0.275. The molecule has 3 aromatic rings. The van der Waals surface area contributed by atoms with Gasteiger partial charge in [-0.05, 0) is 69.6 Å². The molecule has 2 saturated carbocycles. The molecular formula is C35H41N5O5. The Bertz CT molecular complexity index is 1730. The number of nitrogens with zero attached hydrogens (tertiary/aromatic N) is 5. The van der Waals surface area contributed by atoms with E-state index in [2.05, 4.69) is 26.0 Å². The fourth-order valence-corrected chi connectivity index (χ4v) is 7.13. The number of esters is 1. The Morgan fingerprint density at radius 3 is 2.69 bits per heavy atom. The van der Waals surface area contributed by atoms with Crippen molar-refractivity contribution in [1.29, 1.82) is 0 Å². The van der Waals surface area contributed by atoms with Crippen molar-refractivity contribution < 1.29 is 23.8 Å². The van der Waals surface area contributed by atoms with Gasteiger partial charge in [-0.3, -0.25) is 4.79 Å². The number of amides is 1. The van der Waals surface area contributed by atoms with E-state index in [0.29, 0.717) is 43.3 Å². The summed E-state index contributed by atoms with van der Waals surface area (Å²) in [4.78, 5) is 38.7. The standard InChI is InChI=1S/C35H41N5O5/c1-20(2)27-13-15-40(38-27)30-18-29(24-11-12-28(43-5)21(3)31(24)36-30)44-23-16-25-26(17-23)33(41)39(4)14-9-7-6-8-10-22-19-35(22)34(42)45-32(25)37-35/h8,10-13,15,18,20,22-23,25-26H,6-7,9,14,16-17,19H2,1-5H3/b10-8-/t22-,23+,25+,26+,35+/m0/s1. The molecule has 5 atom stereocenters. The lowest BCUT2D eigenvalue weighted by molar-refractivity contribution is -0.138. The number of pyridine rings is 1. The molecule has 10 heteroatoms. The van der Waals surface area contributed by atoms with Gasteiger partial charge in [0.25, 0.3) is 0 Å². The van der Waals surface area contributed by atoms with Crippen molar-refractivity contribution in [3.05, 3.63) is 53.9 Å². The van der Waals surface area contributed by atoms with Crippen LogP contribution in [-0.4, -0.2) is 69.8 Å². The maximum Gasteiger partial charge on any atom is 0.341 e. The van der Waals surface area contributed by atoms with Gasteiger partial charge in [0.1, 0.15) is 17.6 Å². The number of aliphatic imine (C=N–C) groups is 1. The van der Waals surface area contributed by atoms with Crippen LogP contribution in [0.4, 0.5) is 0 Å². The number of ether oxygens (including phenoxy) is 3. The lowest BCUT2D eigenvalue weighted by Gasteiger charge is -2.24. The average molecular weight is 612 g/mol. The van der Waals surface area contributed by atoms with E-state index < -0.39 is 11.5 Å². The van der Waals surface area contributed by atoms with E-state index in [0.717, 1.165) is 47.2 Å². The third kappa shape index (κ3) is 5.17. The fraction of sp³-hybridized carbons (Fsp3) is 0.514. The number of allylic oxidation sites excluding steroid dienone is 1. The normalized spacial score (nSPS) is 28.8. The average Bonchev–Trinajstić information content (AvgIpc) is 3.35. The van der Waals surface area contributed by atoms with Crippen LogP contribution in [0, 0.1) is 24.7 Å². The van der Waals surface area contributed by atoms with Crippen LogP contribution < -0.4 is 9.47 Å². The van der Waals surface area contributed by atoms with Crippen LogP contribution in [0.25, 0.3) is 16.7 Å². The van der Waals surface area contributed by atoms with E-state index in [-0.39, 0.29) is 35.7 Å². The molecule has 1 aromatic carbocycles. The molecule has 2 bridgehead atoms. The zero-order valence-electron chi connectivity index (χ0n) is 26.7.